The molecule has 4 nitrogen and oxygen atoms in total. The first-order valence-corrected chi connectivity index (χ1v) is 6.10. The summed E-state index contributed by atoms with van der Waals surface area (Å²) in [6.07, 6.45) is -0.976. The quantitative estimate of drug-likeness (QED) is 0.825. The van der Waals surface area contributed by atoms with Gasteiger partial charge in [-0.2, -0.15) is 5.26 Å². The molecule has 1 heterocycles. The average molecular weight is 277 g/mol. The molecule has 1 aromatic heterocycles. The van der Waals surface area contributed by atoms with Crippen molar-refractivity contribution in [1.29, 1.82) is 5.26 Å². The number of benzene rings is 1. The molecule has 104 valence electrons. The molecule has 0 fully saturated rings. The lowest BCUT2D eigenvalue weighted by atomic mass is 10.1. The number of ether oxygens (including phenoxy) is 1. The third-order valence-electron chi connectivity index (χ3n) is 2.69. The number of fused-ring (bicyclic) bond motifs is 1. The minimum atomic E-state index is -2.47. The summed E-state index contributed by atoms with van der Waals surface area (Å²) >= 11 is 0. The number of para-hydroxylation sites is 1. The predicted octanol–water partition coefficient (Wildman–Crippen LogP) is 2.80. The SMILES string of the molecule is N#Cc1cnc2ccccc2c1NCCOCC(F)F. The number of pyridine rings is 1. The molecule has 0 saturated carbocycles. The fraction of sp³-hybridized carbons (Fsp3) is 0.286. The van der Waals surface area contributed by atoms with Gasteiger partial charge in [-0.05, 0) is 6.07 Å². The van der Waals surface area contributed by atoms with Crippen LogP contribution >= 0.6 is 0 Å². The molecule has 0 aliphatic carbocycles. The number of nitrogens with zero attached hydrogens (tertiary/aromatic N) is 2. The fourth-order valence-corrected chi connectivity index (χ4v) is 1.84. The Labute approximate surface area is 115 Å². The Balaban J connectivity index is 2.10. The predicted molar refractivity (Wildman–Crippen MR) is 71.8 cm³/mol. The van der Waals surface area contributed by atoms with Crippen molar-refractivity contribution in [3.63, 3.8) is 0 Å². The molecule has 0 bridgehead atoms. The lowest BCUT2D eigenvalue weighted by Crippen LogP contribution is -2.14. The van der Waals surface area contributed by atoms with Crippen LogP contribution in [0.5, 0.6) is 0 Å². The maximum absolute atomic E-state index is 11.9. The van der Waals surface area contributed by atoms with Crippen LogP contribution in [0.4, 0.5) is 14.5 Å². The molecule has 0 amide bonds. The summed E-state index contributed by atoms with van der Waals surface area (Å²) in [6, 6.07) is 9.46. The normalized spacial score (nSPS) is 10.7. The van der Waals surface area contributed by atoms with E-state index in [1.165, 1.54) is 6.20 Å². The molecule has 0 spiro atoms. The third kappa shape index (κ3) is 3.39. The number of nitrogens with one attached hydrogen (secondary N) is 1. The molecule has 20 heavy (non-hydrogen) atoms. The summed E-state index contributed by atoms with van der Waals surface area (Å²) in [6.45, 7) is -0.0921. The molecule has 0 radical (unpaired) electrons. The number of nitriles is 1. The summed E-state index contributed by atoms with van der Waals surface area (Å²) < 4.78 is 28.6. The molecule has 0 saturated heterocycles. The Bertz CT molecular complexity index is 625. The summed E-state index contributed by atoms with van der Waals surface area (Å²) in [4.78, 5) is 4.19. The number of hydrogen-bond acceptors (Lipinski definition) is 4. The van der Waals surface area contributed by atoms with Gasteiger partial charge >= 0.3 is 0 Å². The van der Waals surface area contributed by atoms with Crippen LogP contribution in [-0.4, -0.2) is 31.2 Å². The van der Waals surface area contributed by atoms with E-state index in [0.717, 1.165) is 10.9 Å². The summed E-state index contributed by atoms with van der Waals surface area (Å²) in [7, 11) is 0. The molecule has 1 N–H and O–H groups in total. The Kier molecular flexibility index (Phi) is 4.80. The number of anilines is 1. The van der Waals surface area contributed by atoms with E-state index in [2.05, 4.69) is 16.4 Å². The van der Waals surface area contributed by atoms with Crippen LogP contribution in [0.1, 0.15) is 5.56 Å². The second-order valence-corrected chi connectivity index (χ2v) is 4.07. The van der Waals surface area contributed by atoms with E-state index in [9.17, 15) is 8.78 Å². The zero-order valence-corrected chi connectivity index (χ0v) is 10.6. The van der Waals surface area contributed by atoms with Gasteiger partial charge in [-0.25, -0.2) is 8.78 Å². The zero-order valence-electron chi connectivity index (χ0n) is 10.6. The smallest absolute Gasteiger partial charge is 0.261 e. The van der Waals surface area contributed by atoms with Crippen molar-refractivity contribution in [2.45, 2.75) is 6.43 Å². The summed E-state index contributed by atoms with van der Waals surface area (Å²) in [5.41, 5.74) is 1.83. The van der Waals surface area contributed by atoms with Gasteiger partial charge in [-0.15, -0.1) is 0 Å². The van der Waals surface area contributed by atoms with Gasteiger partial charge in [0.15, 0.2) is 0 Å². The van der Waals surface area contributed by atoms with Crippen LogP contribution < -0.4 is 5.32 Å². The Hall–Kier alpha value is -2.26. The van der Waals surface area contributed by atoms with E-state index >= 15 is 0 Å². The minimum absolute atomic E-state index is 0.145. The highest BCUT2D eigenvalue weighted by Gasteiger charge is 2.08. The first kappa shape index (κ1) is 14.2. The van der Waals surface area contributed by atoms with E-state index in [1.807, 2.05) is 24.3 Å². The molecule has 2 rings (SSSR count). The van der Waals surface area contributed by atoms with Crippen LogP contribution in [0, 0.1) is 11.3 Å². The molecule has 2 aromatic rings. The molecule has 0 atom stereocenters. The first-order chi connectivity index (χ1) is 9.72. The van der Waals surface area contributed by atoms with Gasteiger partial charge in [0.2, 0.25) is 0 Å². The molecule has 6 heteroatoms. The van der Waals surface area contributed by atoms with E-state index in [4.69, 9.17) is 10.00 Å². The van der Waals surface area contributed by atoms with Gasteiger partial charge in [0.25, 0.3) is 6.43 Å². The zero-order chi connectivity index (χ0) is 14.4. The van der Waals surface area contributed by atoms with E-state index in [-0.39, 0.29) is 6.61 Å². The Morgan fingerprint density at radius 2 is 2.15 bits per heavy atom. The second-order valence-electron chi connectivity index (χ2n) is 4.07. The average Bonchev–Trinajstić information content (AvgIpc) is 2.46. The van der Waals surface area contributed by atoms with Gasteiger partial charge in [0, 0.05) is 18.1 Å². The highest BCUT2D eigenvalue weighted by Crippen LogP contribution is 2.24. The minimum Gasteiger partial charge on any atom is -0.381 e. The van der Waals surface area contributed by atoms with Gasteiger partial charge in [0.05, 0.1) is 23.4 Å². The van der Waals surface area contributed by atoms with E-state index in [0.29, 0.717) is 17.8 Å². The van der Waals surface area contributed by atoms with E-state index in [1.54, 1.807) is 0 Å². The third-order valence-corrected chi connectivity index (χ3v) is 2.69. The van der Waals surface area contributed by atoms with Crippen molar-refractivity contribution in [2.24, 2.45) is 0 Å². The van der Waals surface area contributed by atoms with Gasteiger partial charge in [0.1, 0.15) is 12.7 Å². The largest absolute Gasteiger partial charge is 0.381 e. The molecule has 0 aliphatic rings. The second kappa shape index (κ2) is 6.78. The lowest BCUT2D eigenvalue weighted by molar-refractivity contribution is 0.0215. The van der Waals surface area contributed by atoms with Gasteiger partial charge in [-0.1, -0.05) is 18.2 Å². The molecule has 0 aliphatic heterocycles. The van der Waals surface area contributed by atoms with Crippen LogP contribution in [0.3, 0.4) is 0 Å². The van der Waals surface area contributed by atoms with Gasteiger partial charge < -0.3 is 10.1 Å². The maximum atomic E-state index is 11.9. The Morgan fingerprint density at radius 1 is 1.35 bits per heavy atom. The maximum Gasteiger partial charge on any atom is 0.261 e. The van der Waals surface area contributed by atoms with Crippen molar-refractivity contribution in [3.05, 3.63) is 36.0 Å². The molecule has 0 unspecified atom stereocenters. The molecular weight excluding hydrogens is 264 g/mol. The Morgan fingerprint density at radius 3 is 2.90 bits per heavy atom. The van der Waals surface area contributed by atoms with Crippen LogP contribution in [-0.2, 0) is 4.74 Å². The number of rotatable bonds is 6. The van der Waals surface area contributed by atoms with Crippen molar-refractivity contribution >= 4 is 16.6 Å². The standard InChI is InChI=1S/C14H13F2N3O/c15-13(16)9-20-6-5-18-14-10(7-17)8-19-12-4-2-1-3-11(12)14/h1-4,8,13H,5-6,9H2,(H,18,19). The molecule has 1 aromatic carbocycles. The highest BCUT2D eigenvalue weighted by molar-refractivity contribution is 5.93. The summed E-state index contributed by atoms with van der Waals surface area (Å²) in [5, 5.41) is 13.0. The fourth-order valence-electron chi connectivity index (χ4n) is 1.84. The first-order valence-electron chi connectivity index (χ1n) is 6.10. The topological polar surface area (TPSA) is 57.9 Å². The van der Waals surface area contributed by atoms with Crippen molar-refractivity contribution in [2.75, 3.05) is 25.1 Å². The number of alkyl halides is 2. The van der Waals surface area contributed by atoms with Crippen molar-refractivity contribution < 1.29 is 13.5 Å². The monoisotopic (exact) mass is 277 g/mol. The molecular formula is C14H13F2N3O. The van der Waals surface area contributed by atoms with Crippen LogP contribution in [0.2, 0.25) is 0 Å². The lowest BCUT2D eigenvalue weighted by Gasteiger charge is -2.11. The van der Waals surface area contributed by atoms with E-state index < -0.39 is 13.0 Å². The van der Waals surface area contributed by atoms with Crippen molar-refractivity contribution in [1.82, 2.24) is 4.98 Å². The summed E-state index contributed by atoms with van der Waals surface area (Å²) in [5.74, 6) is 0. The number of halogens is 2. The number of aromatic nitrogens is 1. The highest BCUT2D eigenvalue weighted by atomic mass is 19.3. The van der Waals surface area contributed by atoms with Crippen LogP contribution in [0.15, 0.2) is 30.5 Å². The van der Waals surface area contributed by atoms with Crippen molar-refractivity contribution in [3.8, 4) is 6.07 Å². The van der Waals surface area contributed by atoms with Gasteiger partial charge in [-0.3, -0.25) is 4.98 Å². The number of hydrogen-bond donors (Lipinski definition) is 1. The van der Waals surface area contributed by atoms with Crippen LogP contribution in [0.25, 0.3) is 10.9 Å².